The Bertz CT molecular complexity index is 686. The zero-order valence-electron chi connectivity index (χ0n) is 16.6. The maximum absolute atomic E-state index is 13.2. The smallest absolute Gasteiger partial charge is 0.224 e. The lowest BCUT2D eigenvalue weighted by Crippen LogP contribution is -2.51. The van der Waals surface area contributed by atoms with Crippen LogP contribution in [0.5, 0.6) is 5.75 Å². The highest BCUT2D eigenvalue weighted by Gasteiger charge is 2.50. The molecule has 1 N–H and O–H groups in total. The van der Waals surface area contributed by atoms with E-state index in [0.29, 0.717) is 18.4 Å². The van der Waals surface area contributed by atoms with E-state index in [2.05, 4.69) is 5.32 Å². The molecule has 4 aliphatic carbocycles. The minimum atomic E-state index is -1.15. The minimum absolute atomic E-state index is 0.0337. The summed E-state index contributed by atoms with van der Waals surface area (Å²) in [6, 6.07) is 6.80. The summed E-state index contributed by atoms with van der Waals surface area (Å²) in [6.45, 7) is 2.69. The first kappa shape index (κ1) is 19.3. The molecule has 1 amide bonds. The SMILES string of the molecule is CCCOc1ccc([C@H](CC(=O)[O-])NC(=O)C2C3CC4CC(C3)CC2C4)cc1. The highest BCUT2D eigenvalue weighted by Crippen LogP contribution is 2.56. The standard InChI is InChI=1S/C23H31NO4/c1-2-7-28-19-5-3-16(4-6-19)20(13-21(25)26)24-23(27)22-17-9-14-8-15(11-17)12-18(22)10-14/h3-6,14-15,17-18,20,22H,2,7-13H2,1H3,(H,24,27)(H,25,26)/p-1/t14?,15?,17?,18?,20-,22?/m0/s1. The van der Waals surface area contributed by atoms with Gasteiger partial charge in [-0.05, 0) is 79.9 Å². The summed E-state index contributed by atoms with van der Waals surface area (Å²) >= 11 is 0. The van der Waals surface area contributed by atoms with Crippen LogP contribution in [0.25, 0.3) is 0 Å². The van der Waals surface area contributed by atoms with Crippen molar-refractivity contribution in [2.45, 2.75) is 57.9 Å². The summed E-state index contributed by atoms with van der Waals surface area (Å²) in [7, 11) is 0. The van der Waals surface area contributed by atoms with Gasteiger partial charge in [0, 0.05) is 18.3 Å². The Morgan fingerprint density at radius 3 is 2.21 bits per heavy atom. The molecule has 4 bridgehead atoms. The van der Waals surface area contributed by atoms with Crippen molar-refractivity contribution < 1.29 is 19.4 Å². The molecule has 5 nitrogen and oxygen atoms in total. The molecule has 5 heteroatoms. The molecule has 4 fully saturated rings. The van der Waals surface area contributed by atoms with Gasteiger partial charge in [-0.1, -0.05) is 19.1 Å². The van der Waals surface area contributed by atoms with Gasteiger partial charge in [-0.15, -0.1) is 0 Å². The Kier molecular flexibility index (Phi) is 5.61. The van der Waals surface area contributed by atoms with Crippen LogP contribution >= 0.6 is 0 Å². The van der Waals surface area contributed by atoms with Gasteiger partial charge in [-0.3, -0.25) is 4.79 Å². The number of nitrogens with one attached hydrogen (secondary N) is 1. The van der Waals surface area contributed by atoms with Crippen LogP contribution in [0.3, 0.4) is 0 Å². The third kappa shape index (κ3) is 4.03. The molecular weight excluding hydrogens is 354 g/mol. The summed E-state index contributed by atoms with van der Waals surface area (Å²) in [5, 5.41) is 14.4. The van der Waals surface area contributed by atoms with E-state index in [0.717, 1.165) is 29.6 Å². The minimum Gasteiger partial charge on any atom is -0.550 e. The van der Waals surface area contributed by atoms with Crippen LogP contribution < -0.4 is 15.2 Å². The summed E-state index contributed by atoms with van der Waals surface area (Å²) in [6.07, 6.45) is 6.73. The van der Waals surface area contributed by atoms with E-state index in [1.54, 1.807) is 0 Å². The van der Waals surface area contributed by atoms with Gasteiger partial charge in [-0.25, -0.2) is 0 Å². The largest absolute Gasteiger partial charge is 0.550 e. The Balaban J connectivity index is 1.46. The highest BCUT2D eigenvalue weighted by molar-refractivity contribution is 5.81. The molecule has 152 valence electrons. The molecule has 0 aliphatic heterocycles. The predicted molar refractivity (Wildman–Crippen MR) is 103 cm³/mol. The molecule has 28 heavy (non-hydrogen) atoms. The van der Waals surface area contributed by atoms with Crippen LogP contribution in [-0.4, -0.2) is 18.5 Å². The topological polar surface area (TPSA) is 78.5 Å². The van der Waals surface area contributed by atoms with E-state index in [1.165, 1.54) is 32.1 Å². The van der Waals surface area contributed by atoms with Crippen LogP contribution in [-0.2, 0) is 9.59 Å². The first-order chi connectivity index (χ1) is 13.5. The number of hydrogen-bond acceptors (Lipinski definition) is 4. The van der Waals surface area contributed by atoms with E-state index >= 15 is 0 Å². The predicted octanol–water partition coefficient (Wildman–Crippen LogP) is 2.85. The molecule has 1 aromatic carbocycles. The van der Waals surface area contributed by atoms with Crippen molar-refractivity contribution in [3.8, 4) is 5.75 Å². The summed E-state index contributed by atoms with van der Waals surface area (Å²) in [5.41, 5.74) is 0.783. The van der Waals surface area contributed by atoms with Gasteiger partial charge >= 0.3 is 0 Å². The fourth-order valence-electron chi connectivity index (χ4n) is 6.06. The van der Waals surface area contributed by atoms with Crippen molar-refractivity contribution in [2.24, 2.45) is 29.6 Å². The van der Waals surface area contributed by atoms with Gasteiger partial charge in [0.05, 0.1) is 12.6 Å². The molecule has 0 radical (unpaired) electrons. The maximum atomic E-state index is 13.2. The third-order valence-electron chi connectivity index (χ3n) is 6.97. The van der Waals surface area contributed by atoms with Gasteiger partial charge in [0.15, 0.2) is 0 Å². The Morgan fingerprint density at radius 1 is 1.07 bits per heavy atom. The van der Waals surface area contributed by atoms with Gasteiger partial charge in [0.2, 0.25) is 5.91 Å². The van der Waals surface area contributed by atoms with Gasteiger partial charge in [-0.2, -0.15) is 0 Å². The van der Waals surface area contributed by atoms with Crippen LogP contribution in [0.2, 0.25) is 0 Å². The molecule has 0 spiro atoms. The number of hydrogen-bond donors (Lipinski definition) is 1. The van der Waals surface area contributed by atoms with E-state index in [1.807, 2.05) is 31.2 Å². The van der Waals surface area contributed by atoms with Crippen molar-refractivity contribution in [3.05, 3.63) is 29.8 Å². The first-order valence-electron chi connectivity index (χ1n) is 10.8. The lowest BCUT2D eigenvalue weighted by atomic mass is 9.51. The molecule has 5 rings (SSSR count). The highest BCUT2D eigenvalue weighted by atomic mass is 16.5. The lowest BCUT2D eigenvalue weighted by molar-refractivity contribution is -0.306. The molecule has 0 saturated heterocycles. The second-order valence-corrected chi connectivity index (χ2v) is 9.01. The number of carbonyl (C=O) groups excluding carboxylic acids is 2. The molecule has 4 saturated carbocycles. The summed E-state index contributed by atoms with van der Waals surface area (Å²) in [5.74, 6) is 2.25. The zero-order chi connectivity index (χ0) is 19.7. The second kappa shape index (κ2) is 8.14. The Morgan fingerprint density at radius 2 is 1.68 bits per heavy atom. The Hall–Kier alpha value is -2.04. The summed E-state index contributed by atoms with van der Waals surface area (Å²) < 4.78 is 5.60. The number of carboxylic acid groups (broad SMARTS) is 1. The van der Waals surface area contributed by atoms with Crippen LogP contribution in [0.1, 0.15) is 63.5 Å². The second-order valence-electron chi connectivity index (χ2n) is 9.01. The number of carbonyl (C=O) groups is 2. The molecule has 0 heterocycles. The van der Waals surface area contributed by atoms with Crippen LogP contribution in [0.15, 0.2) is 24.3 Å². The van der Waals surface area contributed by atoms with Crippen molar-refractivity contribution in [2.75, 3.05) is 6.61 Å². The number of ether oxygens (including phenoxy) is 1. The van der Waals surface area contributed by atoms with E-state index in [9.17, 15) is 14.7 Å². The number of amides is 1. The van der Waals surface area contributed by atoms with Crippen molar-refractivity contribution >= 4 is 11.9 Å². The van der Waals surface area contributed by atoms with Gasteiger partial charge < -0.3 is 20.0 Å². The normalized spacial score (nSPS) is 31.4. The molecule has 4 aliphatic rings. The van der Waals surface area contributed by atoms with E-state index < -0.39 is 12.0 Å². The number of benzene rings is 1. The average molecular weight is 384 g/mol. The maximum Gasteiger partial charge on any atom is 0.224 e. The van der Waals surface area contributed by atoms with Crippen LogP contribution in [0.4, 0.5) is 0 Å². The fourth-order valence-corrected chi connectivity index (χ4v) is 6.06. The number of carboxylic acids is 1. The summed E-state index contributed by atoms with van der Waals surface area (Å²) in [4.78, 5) is 24.5. The molecule has 1 aromatic rings. The molecule has 0 unspecified atom stereocenters. The monoisotopic (exact) mass is 384 g/mol. The molecular formula is C23H30NO4-. The Labute approximate surface area is 166 Å². The van der Waals surface area contributed by atoms with Crippen molar-refractivity contribution in [1.82, 2.24) is 5.32 Å². The molecule has 1 atom stereocenters. The number of rotatable bonds is 8. The van der Waals surface area contributed by atoms with E-state index in [4.69, 9.17) is 4.74 Å². The average Bonchev–Trinajstić information content (AvgIpc) is 2.65. The van der Waals surface area contributed by atoms with E-state index in [-0.39, 0.29) is 18.2 Å². The number of aliphatic carboxylic acids is 1. The van der Waals surface area contributed by atoms with Crippen molar-refractivity contribution in [1.29, 1.82) is 0 Å². The fraction of sp³-hybridized carbons (Fsp3) is 0.652. The zero-order valence-corrected chi connectivity index (χ0v) is 16.6. The van der Waals surface area contributed by atoms with Gasteiger partial charge in [0.1, 0.15) is 5.75 Å². The first-order valence-corrected chi connectivity index (χ1v) is 10.8. The molecule has 0 aromatic heterocycles. The quantitative estimate of drug-likeness (QED) is 0.748. The third-order valence-corrected chi connectivity index (χ3v) is 6.97. The van der Waals surface area contributed by atoms with Gasteiger partial charge in [0.25, 0.3) is 0 Å². The van der Waals surface area contributed by atoms with Crippen molar-refractivity contribution in [3.63, 3.8) is 0 Å². The lowest BCUT2D eigenvalue weighted by Gasteiger charge is -2.53. The van der Waals surface area contributed by atoms with Crippen LogP contribution in [0, 0.1) is 29.6 Å².